The molecule has 0 radical (unpaired) electrons. The van der Waals surface area contributed by atoms with Crippen molar-refractivity contribution in [1.29, 1.82) is 0 Å². The molecule has 0 saturated heterocycles. The van der Waals surface area contributed by atoms with Gasteiger partial charge in [0, 0.05) is 5.54 Å². The minimum atomic E-state index is 0.00604. The van der Waals surface area contributed by atoms with Crippen molar-refractivity contribution in [3.05, 3.63) is 0 Å². The van der Waals surface area contributed by atoms with E-state index in [2.05, 4.69) is 26.1 Å². The Balaban J connectivity index is 1.99. The zero-order valence-corrected chi connectivity index (χ0v) is 10.3. The molecule has 88 valence electrons. The molecule has 2 unspecified atom stereocenters. The quantitative estimate of drug-likeness (QED) is 0.747. The fourth-order valence-electron chi connectivity index (χ4n) is 3.30. The Kier molecular flexibility index (Phi) is 2.85. The largest absolute Gasteiger partial charge is 0.394 e. The average Bonchev–Trinajstić information content (AvgIpc) is 2.91. The second kappa shape index (κ2) is 3.74. The van der Waals surface area contributed by atoms with Gasteiger partial charge in [0.1, 0.15) is 0 Å². The molecule has 2 rings (SSSR count). The summed E-state index contributed by atoms with van der Waals surface area (Å²) in [5.74, 6) is 1.49. The smallest absolute Gasteiger partial charge is 0.0616 e. The van der Waals surface area contributed by atoms with Crippen LogP contribution in [0.1, 0.15) is 46.5 Å². The Labute approximate surface area is 93.5 Å². The Morgan fingerprint density at radius 2 is 2.00 bits per heavy atom. The SMILES string of the molecule is CC1CC(C)(C)CC1(CO)NCC1CC1. The Bertz CT molecular complexity index is 235. The summed E-state index contributed by atoms with van der Waals surface area (Å²) in [5.41, 5.74) is 0.394. The van der Waals surface area contributed by atoms with Gasteiger partial charge in [-0.2, -0.15) is 0 Å². The molecule has 2 heteroatoms. The van der Waals surface area contributed by atoms with Gasteiger partial charge in [0.15, 0.2) is 0 Å². The van der Waals surface area contributed by atoms with E-state index in [4.69, 9.17) is 0 Å². The minimum Gasteiger partial charge on any atom is -0.394 e. The Morgan fingerprint density at radius 3 is 2.40 bits per heavy atom. The van der Waals surface area contributed by atoms with E-state index in [1.54, 1.807) is 0 Å². The van der Waals surface area contributed by atoms with Crippen molar-refractivity contribution in [3.63, 3.8) is 0 Å². The van der Waals surface area contributed by atoms with E-state index in [-0.39, 0.29) is 5.54 Å². The fourth-order valence-corrected chi connectivity index (χ4v) is 3.30. The van der Waals surface area contributed by atoms with Gasteiger partial charge in [-0.1, -0.05) is 20.8 Å². The van der Waals surface area contributed by atoms with Crippen LogP contribution in [-0.4, -0.2) is 23.8 Å². The third kappa shape index (κ3) is 2.36. The van der Waals surface area contributed by atoms with Crippen LogP contribution in [0.25, 0.3) is 0 Å². The third-order valence-corrected chi connectivity index (χ3v) is 4.32. The molecule has 0 bridgehead atoms. The van der Waals surface area contributed by atoms with Crippen molar-refractivity contribution in [1.82, 2.24) is 5.32 Å². The van der Waals surface area contributed by atoms with Gasteiger partial charge in [0.25, 0.3) is 0 Å². The van der Waals surface area contributed by atoms with E-state index in [0.717, 1.165) is 18.9 Å². The van der Waals surface area contributed by atoms with Crippen LogP contribution < -0.4 is 5.32 Å². The molecule has 2 N–H and O–H groups in total. The van der Waals surface area contributed by atoms with Crippen LogP contribution in [0.4, 0.5) is 0 Å². The molecule has 2 aliphatic carbocycles. The topological polar surface area (TPSA) is 32.3 Å². The number of hydrogen-bond donors (Lipinski definition) is 2. The van der Waals surface area contributed by atoms with Gasteiger partial charge in [0.05, 0.1) is 6.61 Å². The molecule has 0 aromatic carbocycles. The summed E-state index contributed by atoms with van der Waals surface area (Å²) in [6.45, 7) is 8.33. The summed E-state index contributed by atoms with van der Waals surface area (Å²) >= 11 is 0. The van der Waals surface area contributed by atoms with E-state index in [9.17, 15) is 5.11 Å². The first-order valence-corrected chi connectivity index (χ1v) is 6.33. The van der Waals surface area contributed by atoms with Gasteiger partial charge in [-0.05, 0) is 49.5 Å². The van der Waals surface area contributed by atoms with E-state index in [1.807, 2.05) is 0 Å². The summed E-state index contributed by atoms with van der Waals surface area (Å²) < 4.78 is 0. The molecule has 0 aromatic heterocycles. The van der Waals surface area contributed by atoms with Crippen molar-refractivity contribution in [2.45, 2.75) is 52.0 Å². The first-order valence-electron chi connectivity index (χ1n) is 6.33. The molecule has 0 aromatic rings. The van der Waals surface area contributed by atoms with Crippen molar-refractivity contribution >= 4 is 0 Å². The highest BCUT2D eigenvalue weighted by atomic mass is 16.3. The number of aliphatic hydroxyl groups excluding tert-OH is 1. The second-order valence-electron chi connectivity index (χ2n) is 6.58. The fraction of sp³-hybridized carbons (Fsp3) is 1.00. The molecule has 15 heavy (non-hydrogen) atoms. The van der Waals surface area contributed by atoms with Crippen molar-refractivity contribution < 1.29 is 5.11 Å². The van der Waals surface area contributed by atoms with Crippen LogP contribution in [0.5, 0.6) is 0 Å². The molecule has 2 aliphatic rings. The van der Waals surface area contributed by atoms with Crippen molar-refractivity contribution in [3.8, 4) is 0 Å². The summed E-state index contributed by atoms with van der Waals surface area (Å²) in [7, 11) is 0. The average molecular weight is 211 g/mol. The van der Waals surface area contributed by atoms with Crippen LogP contribution >= 0.6 is 0 Å². The Hall–Kier alpha value is -0.0800. The van der Waals surface area contributed by atoms with Crippen molar-refractivity contribution in [2.24, 2.45) is 17.3 Å². The molecule has 2 saturated carbocycles. The van der Waals surface area contributed by atoms with E-state index in [0.29, 0.717) is 17.9 Å². The maximum atomic E-state index is 9.69. The van der Waals surface area contributed by atoms with Crippen LogP contribution in [0.2, 0.25) is 0 Å². The summed E-state index contributed by atoms with van der Waals surface area (Å²) in [6.07, 6.45) is 5.11. The highest BCUT2D eigenvalue weighted by Gasteiger charge is 2.48. The van der Waals surface area contributed by atoms with Crippen LogP contribution in [0.3, 0.4) is 0 Å². The lowest BCUT2D eigenvalue weighted by Crippen LogP contribution is -2.51. The van der Waals surface area contributed by atoms with Crippen LogP contribution in [-0.2, 0) is 0 Å². The lowest BCUT2D eigenvalue weighted by molar-refractivity contribution is 0.124. The lowest BCUT2D eigenvalue weighted by Gasteiger charge is -2.34. The van der Waals surface area contributed by atoms with E-state index in [1.165, 1.54) is 19.3 Å². The van der Waals surface area contributed by atoms with E-state index < -0.39 is 0 Å². The van der Waals surface area contributed by atoms with Crippen LogP contribution in [0, 0.1) is 17.3 Å². The molecule has 0 heterocycles. The predicted molar refractivity (Wildman–Crippen MR) is 62.7 cm³/mol. The highest BCUT2D eigenvalue weighted by Crippen LogP contribution is 2.47. The molecule has 0 aliphatic heterocycles. The Morgan fingerprint density at radius 1 is 1.33 bits per heavy atom. The molecule has 2 nitrogen and oxygen atoms in total. The summed E-state index contributed by atoms with van der Waals surface area (Å²) in [5, 5.41) is 13.4. The number of nitrogens with one attached hydrogen (secondary N) is 1. The molecule has 2 fully saturated rings. The molecule has 2 atom stereocenters. The van der Waals surface area contributed by atoms with Crippen molar-refractivity contribution in [2.75, 3.05) is 13.2 Å². The molecular formula is C13H25NO. The lowest BCUT2D eigenvalue weighted by atomic mass is 9.87. The second-order valence-corrected chi connectivity index (χ2v) is 6.58. The van der Waals surface area contributed by atoms with Gasteiger partial charge >= 0.3 is 0 Å². The summed E-state index contributed by atoms with van der Waals surface area (Å²) in [6, 6.07) is 0. The number of rotatable bonds is 4. The van der Waals surface area contributed by atoms with E-state index >= 15 is 0 Å². The molecular weight excluding hydrogens is 186 g/mol. The first-order chi connectivity index (χ1) is 6.97. The zero-order chi connectivity index (χ0) is 11.1. The third-order valence-electron chi connectivity index (χ3n) is 4.32. The van der Waals surface area contributed by atoms with Gasteiger partial charge < -0.3 is 10.4 Å². The maximum absolute atomic E-state index is 9.69. The van der Waals surface area contributed by atoms with Gasteiger partial charge in [-0.15, -0.1) is 0 Å². The highest BCUT2D eigenvalue weighted by molar-refractivity contribution is 5.04. The molecule has 0 spiro atoms. The maximum Gasteiger partial charge on any atom is 0.0616 e. The zero-order valence-electron chi connectivity index (χ0n) is 10.3. The number of aliphatic hydroxyl groups is 1. The first kappa shape index (κ1) is 11.4. The predicted octanol–water partition coefficient (Wildman–Crippen LogP) is 2.17. The standard InChI is InChI=1S/C13H25NO/c1-10-6-12(2,3)8-13(10,9-15)14-7-11-4-5-11/h10-11,14-15H,4-9H2,1-3H3. The van der Waals surface area contributed by atoms with Crippen LogP contribution in [0.15, 0.2) is 0 Å². The van der Waals surface area contributed by atoms with Gasteiger partial charge in [0.2, 0.25) is 0 Å². The minimum absolute atomic E-state index is 0.00604. The van der Waals surface area contributed by atoms with Gasteiger partial charge in [-0.3, -0.25) is 0 Å². The monoisotopic (exact) mass is 211 g/mol. The van der Waals surface area contributed by atoms with Gasteiger partial charge in [-0.25, -0.2) is 0 Å². The number of hydrogen-bond acceptors (Lipinski definition) is 2. The molecule has 0 amide bonds. The normalized spacial score (nSPS) is 39.6. The summed E-state index contributed by atoms with van der Waals surface area (Å²) in [4.78, 5) is 0.